The summed E-state index contributed by atoms with van der Waals surface area (Å²) in [6.45, 7) is 5.28. The summed E-state index contributed by atoms with van der Waals surface area (Å²) in [5.74, 6) is -1.31. The Morgan fingerprint density at radius 3 is 2.61 bits per heavy atom. The van der Waals surface area contributed by atoms with Crippen molar-refractivity contribution in [1.29, 1.82) is 0 Å². The molecule has 5 nitrogen and oxygen atoms in total. The number of nitrogens with one attached hydrogen (secondary N) is 1. The van der Waals surface area contributed by atoms with Crippen LogP contribution in [-0.2, 0) is 9.53 Å². The summed E-state index contributed by atoms with van der Waals surface area (Å²) in [5, 5.41) is 11.6. The molecule has 0 aliphatic heterocycles. The van der Waals surface area contributed by atoms with Crippen LogP contribution in [-0.4, -0.2) is 29.7 Å². The standard InChI is InChI=1S/C13H17NO4/c1-8(2)18-7-12(15)14-11-6-4-5-10(9(11)3)13(16)17/h4-6,8H,7H2,1-3H3,(H,14,15)(H,16,17). The monoisotopic (exact) mass is 251 g/mol. The van der Waals surface area contributed by atoms with Crippen molar-refractivity contribution in [3.05, 3.63) is 29.3 Å². The molecule has 0 fully saturated rings. The number of rotatable bonds is 5. The highest BCUT2D eigenvalue weighted by Gasteiger charge is 2.12. The van der Waals surface area contributed by atoms with Gasteiger partial charge in [-0.05, 0) is 38.5 Å². The number of hydrogen-bond acceptors (Lipinski definition) is 3. The van der Waals surface area contributed by atoms with Crippen LogP contribution in [0.5, 0.6) is 0 Å². The fraction of sp³-hybridized carbons (Fsp3) is 0.385. The van der Waals surface area contributed by atoms with Gasteiger partial charge in [-0.15, -0.1) is 0 Å². The quantitative estimate of drug-likeness (QED) is 0.839. The molecule has 1 aromatic carbocycles. The van der Waals surface area contributed by atoms with E-state index in [1.54, 1.807) is 19.1 Å². The zero-order valence-electron chi connectivity index (χ0n) is 10.7. The van der Waals surface area contributed by atoms with E-state index < -0.39 is 5.97 Å². The van der Waals surface area contributed by atoms with E-state index in [1.807, 2.05) is 13.8 Å². The fourth-order valence-electron chi connectivity index (χ4n) is 1.43. The van der Waals surface area contributed by atoms with Crippen molar-refractivity contribution in [3.63, 3.8) is 0 Å². The van der Waals surface area contributed by atoms with Crippen LogP contribution in [0, 0.1) is 6.92 Å². The molecule has 0 aromatic heterocycles. The molecule has 0 spiro atoms. The van der Waals surface area contributed by atoms with E-state index in [1.165, 1.54) is 6.07 Å². The van der Waals surface area contributed by atoms with Gasteiger partial charge in [-0.2, -0.15) is 0 Å². The molecule has 0 unspecified atom stereocenters. The molecule has 1 amide bonds. The van der Waals surface area contributed by atoms with Crippen LogP contribution in [0.1, 0.15) is 29.8 Å². The van der Waals surface area contributed by atoms with Gasteiger partial charge in [0.05, 0.1) is 11.7 Å². The zero-order chi connectivity index (χ0) is 13.7. The van der Waals surface area contributed by atoms with Crippen molar-refractivity contribution >= 4 is 17.6 Å². The van der Waals surface area contributed by atoms with Crippen LogP contribution >= 0.6 is 0 Å². The lowest BCUT2D eigenvalue weighted by Gasteiger charge is -2.11. The minimum Gasteiger partial charge on any atom is -0.478 e. The number of carboxylic acid groups (broad SMARTS) is 1. The van der Waals surface area contributed by atoms with Crippen LogP contribution in [0.2, 0.25) is 0 Å². The Hall–Kier alpha value is -1.88. The summed E-state index contributed by atoms with van der Waals surface area (Å²) in [6, 6.07) is 4.75. The summed E-state index contributed by atoms with van der Waals surface area (Å²) >= 11 is 0. The zero-order valence-corrected chi connectivity index (χ0v) is 10.7. The number of carboxylic acids is 1. The van der Waals surface area contributed by atoms with Crippen LogP contribution < -0.4 is 5.32 Å². The Balaban J connectivity index is 2.76. The van der Waals surface area contributed by atoms with Crippen LogP contribution in [0.3, 0.4) is 0 Å². The molecular weight excluding hydrogens is 234 g/mol. The van der Waals surface area contributed by atoms with Crippen LogP contribution in [0.25, 0.3) is 0 Å². The molecule has 0 heterocycles. The van der Waals surface area contributed by atoms with E-state index in [2.05, 4.69) is 5.32 Å². The molecule has 0 radical (unpaired) electrons. The average Bonchev–Trinajstić information content (AvgIpc) is 2.29. The van der Waals surface area contributed by atoms with Gasteiger partial charge in [0.1, 0.15) is 6.61 Å². The summed E-state index contributed by atoms with van der Waals surface area (Å²) in [5.41, 5.74) is 1.20. The molecule has 1 aromatic rings. The molecule has 0 saturated carbocycles. The van der Waals surface area contributed by atoms with E-state index in [0.29, 0.717) is 11.3 Å². The molecule has 1 rings (SSSR count). The fourth-order valence-corrected chi connectivity index (χ4v) is 1.43. The van der Waals surface area contributed by atoms with Gasteiger partial charge in [0.25, 0.3) is 0 Å². The van der Waals surface area contributed by atoms with Gasteiger partial charge in [-0.3, -0.25) is 4.79 Å². The van der Waals surface area contributed by atoms with E-state index in [9.17, 15) is 9.59 Å². The molecule has 0 atom stereocenters. The number of ether oxygens (including phenoxy) is 1. The number of carbonyl (C=O) groups excluding carboxylic acids is 1. The van der Waals surface area contributed by atoms with E-state index >= 15 is 0 Å². The highest BCUT2D eigenvalue weighted by atomic mass is 16.5. The Bertz CT molecular complexity index is 454. The summed E-state index contributed by atoms with van der Waals surface area (Å²) in [7, 11) is 0. The Morgan fingerprint density at radius 1 is 1.39 bits per heavy atom. The SMILES string of the molecule is Cc1c(NC(=O)COC(C)C)cccc1C(=O)O. The second kappa shape index (κ2) is 6.16. The second-order valence-corrected chi connectivity index (χ2v) is 4.19. The normalized spacial score (nSPS) is 10.4. The van der Waals surface area contributed by atoms with Gasteiger partial charge in [-0.25, -0.2) is 4.79 Å². The molecule has 0 bridgehead atoms. The molecule has 98 valence electrons. The number of benzene rings is 1. The third-order valence-electron chi connectivity index (χ3n) is 2.39. The minimum atomic E-state index is -1.01. The van der Waals surface area contributed by atoms with Gasteiger partial charge in [-0.1, -0.05) is 6.07 Å². The lowest BCUT2D eigenvalue weighted by atomic mass is 10.1. The van der Waals surface area contributed by atoms with Crippen molar-refractivity contribution in [1.82, 2.24) is 0 Å². The minimum absolute atomic E-state index is 0.0257. The summed E-state index contributed by atoms with van der Waals surface area (Å²) in [4.78, 5) is 22.5. The highest BCUT2D eigenvalue weighted by Crippen LogP contribution is 2.18. The van der Waals surface area contributed by atoms with Gasteiger partial charge in [0.15, 0.2) is 0 Å². The molecule has 0 aliphatic carbocycles. The number of amides is 1. The first kappa shape index (κ1) is 14.2. The highest BCUT2D eigenvalue weighted by molar-refractivity contribution is 5.96. The Kier molecular flexibility index (Phi) is 4.85. The predicted octanol–water partition coefficient (Wildman–Crippen LogP) is 2.06. The smallest absolute Gasteiger partial charge is 0.336 e. The largest absolute Gasteiger partial charge is 0.478 e. The second-order valence-electron chi connectivity index (χ2n) is 4.19. The Labute approximate surface area is 106 Å². The lowest BCUT2D eigenvalue weighted by molar-refractivity contribution is -0.121. The van der Waals surface area contributed by atoms with Crippen molar-refractivity contribution < 1.29 is 19.4 Å². The maximum absolute atomic E-state index is 11.6. The first-order chi connectivity index (χ1) is 8.41. The number of aromatic carboxylic acids is 1. The Morgan fingerprint density at radius 2 is 2.06 bits per heavy atom. The average molecular weight is 251 g/mol. The predicted molar refractivity (Wildman–Crippen MR) is 67.9 cm³/mol. The maximum atomic E-state index is 11.6. The van der Waals surface area contributed by atoms with Gasteiger partial charge >= 0.3 is 5.97 Å². The van der Waals surface area contributed by atoms with Crippen LogP contribution in [0.15, 0.2) is 18.2 Å². The van der Waals surface area contributed by atoms with Crippen LogP contribution in [0.4, 0.5) is 5.69 Å². The number of anilines is 1. The lowest BCUT2D eigenvalue weighted by Crippen LogP contribution is -2.21. The summed E-state index contributed by atoms with van der Waals surface area (Å²) in [6.07, 6.45) is -0.0257. The number of carbonyl (C=O) groups is 2. The first-order valence-electron chi connectivity index (χ1n) is 5.66. The molecular formula is C13H17NO4. The topological polar surface area (TPSA) is 75.6 Å². The van der Waals surface area contributed by atoms with Gasteiger partial charge < -0.3 is 15.2 Å². The van der Waals surface area contributed by atoms with E-state index in [4.69, 9.17) is 9.84 Å². The number of hydrogen-bond donors (Lipinski definition) is 2. The van der Waals surface area contributed by atoms with Crippen molar-refractivity contribution in [2.75, 3.05) is 11.9 Å². The molecule has 18 heavy (non-hydrogen) atoms. The first-order valence-corrected chi connectivity index (χ1v) is 5.66. The molecule has 0 aliphatic rings. The van der Waals surface area contributed by atoms with Crippen molar-refractivity contribution in [2.24, 2.45) is 0 Å². The molecule has 5 heteroatoms. The van der Waals surface area contributed by atoms with Gasteiger partial charge in [0, 0.05) is 5.69 Å². The maximum Gasteiger partial charge on any atom is 0.336 e. The molecule has 0 saturated heterocycles. The van der Waals surface area contributed by atoms with Crippen molar-refractivity contribution in [2.45, 2.75) is 26.9 Å². The van der Waals surface area contributed by atoms with Gasteiger partial charge in [0.2, 0.25) is 5.91 Å². The molecule has 2 N–H and O–H groups in total. The van der Waals surface area contributed by atoms with E-state index in [0.717, 1.165) is 0 Å². The summed E-state index contributed by atoms with van der Waals surface area (Å²) < 4.78 is 5.17. The van der Waals surface area contributed by atoms with E-state index in [-0.39, 0.29) is 24.2 Å². The third-order valence-corrected chi connectivity index (χ3v) is 2.39. The van der Waals surface area contributed by atoms with Crippen molar-refractivity contribution in [3.8, 4) is 0 Å². The third kappa shape index (κ3) is 3.85.